The molecule has 218 valence electrons. The van der Waals surface area contributed by atoms with E-state index in [2.05, 4.69) is 162 Å². The molecule has 1 unspecified atom stereocenters. The van der Waals surface area contributed by atoms with Gasteiger partial charge in [-0.3, -0.25) is 0 Å². The molecule has 10 rings (SSSR count). The lowest BCUT2D eigenvalue weighted by Crippen LogP contribution is -2.07. The summed E-state index contributed by atoms with van der Waals surface area (Å²) in [5.74, 6) is 0.475. The summed E-state index contributed by atoms with van der Waals surface area (Å²) >= 11 is 1.87. The van der Waals surface area contributed by atoms with E-state index in [1.54, 1.807) is 0 Å². The first-order chi connectivity index (χ1) is 22.7. The number of rotatable bonds is 3. The molecule has 0 bridgehead atoms. The molecule has 3 heteroatoms. The molecule has 0 saturated carbocycles. The molecular formula is C43H30N2S. The van der Waals surface area contributed by atoms with Crippen molar-refractivity contribution in [1.29, 1.82) is 0 Å². The van der Waals surface area contributed by atoms with Crippen molar-refractivity contribution in [1.82, 2.24) is 9.13 Å². The molecule has 0 amide bonds. The van der Waals surface area contributed by atoms with E-state index in [4.69, 9.17) is 0 Å². The van der Waals surface area contributed by atoms with Crippen molar-refractivity contribution in [3.63, 3.8) is 0 Å². The average Bonchev–Trinajstić information content (AvgIpc) is 3.75. The Bertz CT molecular complexity index is 2750. The van der Waals surface area contributed by atoms with Crippen LogP contribution in [-0.4, -0.2) is 9.13 Å². The lowest BCUT2D eigenvalue weighted by atomic mass is 9.98. The number of nitrogens with zero attached hydrogens (tertiary/aromatic N) is 2. The van der Waals surface area contributed by atoms with Gasteiger partial charge in [-0.2, -0.15) is 0 Å². The standard InChI is InChI=1S/C43H30N2S/c1-27-10-2-6-14-37(27)45-39-16-8-4-12-32(39)35-25-29(19-22-41(35)45)28-18-21-40-34(24-28)31-11-3-7-15-38(31)44(40)30-20-23-43-36(26-30)33-13-5-9-17-42(33)46-43/h2-9,11-27H,10H2,1H3. The van der Waals surface area contributed by atoms with E-state index in [9.17, 15) is 0 Å². The molecule has 0 spiro atoms. The van der Waals surface area contributed by atoms with Gasteiger partial charge in [0.2, 0.25) is 0 Å². The Hall–Kier alpha value is -5.38. The van der Waals surface area contributed by atoms with Crippen molar-refractivity contribution < 1.29 is 0 Å². The number of hydrogen-bond donors (Lipinski definition) is 0. The van der Waals surface area contributed by atoms with Gasteiger partial charge in [0.15, 0.2) is 0 Å². The Labute approximate surface area is 270 Å². The first-order valence-corrected chi connectivity index (χ1v) is 16.9. The minimum Gasteiger partial charge on any atom is -0.313 e. The highest BCUT2D eigenvalue weighted by Crippen LogP contribution is 2.41. The van der Waals surface area contributed by atoms with Crippen molar-refractivity contribution in [2.24, 2.45) is 5.92 Å². The van der Waals surface area contributed by atoms with Gasteiger partial charge in [-0.1, -0.05) is 85.8 Å². The van der Waals surface area contributed by atoms with Gasteiger partial charge in [-0.25, -0.2) is 0 Å². The number of hydrogen-bond acceptors (Lipinski definition) is 1. The maximum absolute atomic E-state index is 2.48. The Morgan fingerprint density at radius 1 is 0.522 bits per heavy atom. The summed E-state index contributed by atoms with van der Waals surface area (Å²) in [4.78, 5) is 0. The van der Waals surface area contributed by atoms with Gasteiger partial charge >= 0.3 is 0 Å². The highest BCUT2D eigenvalue weighted by molar-refractivity contribution is 7.25. The summed E-state index contributed by atoms with van der Waals surface area (Å²) in [7, 11) is 0. The Balaban J connectivity index is 1.17. The van der Waals surface area contributed by atoms with E-state index in [-0.39, 0.29) is 0 Å². The summed E-state index contributed by atoms with van der Waals surface area (Å²) in [6, 6.07) is 47.4. The van der Waals surface area contributed by atoms with Crippen molar-refractivity contribution in [3.05, 3.63) is 146 Å². The van der Waals surface area contributed by atoms with Gasteiger partial charge in [-0.05, 0) is 84.3 Å². The third-order valence-electron chi connectivity index (χ3n) is 9.95. The van der Waals surface area contributed by atoms with Gasteiger partial charge in [0.1, 0.15) is 0 Å². The first-order valence-electron chi connectivity index (χ1n) is 16.1. The Kier molecular flexibility index (Phi) is 5.52. The SMILES string of the molecule is CC1CC=CC=C1n1c2ccccc2c2cc(-c3ccc4c(c3)c3ccccc3n4-c3ccc4sc5ccccc5c4c3)ccc21. The first kappa shape index (κ1) is 25.9. The molecule has 1 aliphatic rings. The fourth-order valence-corrected chi connectivity index (χ4v) is 8.83. The summed E-state index contributed by atoms with van der Waals surface area (Å²) in [5, 5.41) is 7.81. The molecule has 0 radical (unpaired) electrons. The van der Waals surface area contributed by atoms with Crippen LogP contribution in [0.2, 0.25) is 0 Å². The van der Waals surface area contributed by atoms with Crippen LogP contribution in [-0.2, 0) is 0 Å². The van der Waals surface area contributed by atoms with Crippen molar-refractivity contribution >= 4 is 80.8 Å². The zero-order valence-corrected chi connectivity index (χ0v) is 26.3. The zero-order valence-electron chi connectivity index (χ0n) is 25.4. The highest BCUT2D eigenvalue weighted by atomic mass is 32.1. The number of allylic oxidation sites excluding steroid dienone is 4. The van der Waals surface area contributed by atoms with E-state index >= 15 is 0 Å². The van der Waals surface area contributed by atoms with Crippen LogP contribution >= 0.6 is 11.3 Å². The van der Waals surface area contributed by atoms with Gasteiger partial charge < -0.3 is 9.13 Å². The molecule has 1 aliphatic carbocycles. The molecule has 0 aliphatic heterocycles. The van der Waals surface area contributed by atoms with E-state index < -0.39 is 0 Å². The van der Waals surface area contributed by atoms with Crippen LogP contribution in [0.1, 0.15) is 13.3 Å². The molecule has 1 atom stereocenters. The summed E-state index contributed by atoms with van der Waals surface area (Å²) in [5.41, 5.74) is 10.1. The average molecular weight is 607 g/mol. The quantitative estimate of drug-likeness (QED) is 0.189. The van der Waals surface area contributed by atoms with E-state index in [1.165, 1.54) is 86.3 Å². The maximum atomic E-state index is 2.48. The van der Waals surface area contributed by atoms with Crippen LogP contribution in [0.4, 0.5) is 0 Å². The zero-order chi connectivity index (χ0) is 30.4. The lowest BCUT2D eigenvalue weighted by molar-refractivity contribution is 0.725. The summed E-state index contributed by atoms with van der Waals surface area (Å²) in [6.07, 6.45) is 7.84. The number of aromatic nitrogens is 2. The van der Waals surface area contributed by atoms with E-state index in [0.29, 0.717) is 5.92 Å². The molecule has 0 fully saturated rings. The van der Waals surface area contributed by atoms with Gasteiger partial charge in [-0.15, -0.1) is 11.3 Å². The fraction of sp³-hybridized carbons (Fsp3) is 0.0698. The summed E-state index contributed by atoms with van der Waals surface area (Å²) < 4.78 is 7.58. The second-order valence-corrected chi connectivity index (χ2v) is 13.7. The molecular weight excluding hydrogens is 577 g/mol. The monoisotopic (exact) mass is 606 g/mol. The molecule has 9 aromatic rings. The minimum absolute atomic E-state index is 0.475. The smallest absolute Gasteiger partial charge is 0.0541 e. The Morgan fingerprint density at radius 2 is 1.11 bits per heavy atom. The molecule has 46 heavy (non-hydrogen) atoms. The Morgan fingerprint density at radius 3 is 1.83 bits per heavy atom. The third kappa shape index (κ3) is 3.70. The molecule has 0 saturated heterocycles. The summed E-state index contributed by atoms with van der Waals surface area (Å²) in [6.45, 7) is 2.33. The molecule has 3 heterocycles. The normalized spacial score (nSPS) is 15.2. The molecule has 6 aromatic carbocycles. The lowest BCUT2D eigenvalue weighted by Gasteiger charge is -2.20. The van der Waals surface area contributed by atoms with Crippen LogP contribution in [0.25, 0.3) is 86.3 Å². The van der Waals surface area contributed by atoms with E-state index in [1.807, 2.05) is 11.3 Å². The number of para-hydroxylation sites is 2. The largest absolute Gasteiger partial charge is 0.313 e. The number of benzene rings is 6. The predicted octanol–water partition coefficient (Wildman–Crippen LogP) is 12.4. The van der Waals surface area contributed by atoms with Crippen LogP contribution in [0, 0.1) is 5.92 Å². The van der Waals surface area contributed by atoms with Crippen LogP contribution < -0.4 is 0 Å². The van der Waals surface area contributed by atoms with Crippen LogP contribution in [0.5, 0.6) is 0 Å². The molecule has 2 nitrogen and oxygen atoms in total. The van der Waals surface area contributed by atoms with Crippen molar-refractivity contribution in [2.45, 2.75) is 13.3 Å². The van der Waals surface area contributed by atoms with Gasteiger partial charge in [0, 0.05) is 59.0 Å². The fourth-order valence-electron chi connectivity index (χ4n) is 7.74. The number of fused-ring (bicyclic) bond motifs is 9. The van der Waals surface area contributed by atoms with E-state index in [0.717, 1.165) is 6.42 Å². The molecule has 0 N–H and O–H groups in total. The van der Waals surface area contributed by atoms with Crippen LogP contribution in [0.3, 0.4) is 0 Å². The second kappa shape index (κ2) is 9.81. The third-order valence-corrected chi connectivity index (χ3v) is 11.1. The van der Waals surface area contributed by atoms with Gasteiger partial charge in [0.05, 0.1) is 22.1 Å². The predicted molar refractivity (Wildman–Crippen MR) is 199 cm³/mol. The minimum atomic E-state index is 0.475. The van der Waals surface area contributed by atoms with Crippen LogP contribution in [0.15, 0.2) is 146 Å². The van der Waals surface area contributed by atoms with Gasteiger partial charge in [0.25, 0.3) is 0 Å². The number of thiophene rings is 1. The second-order valence-electron chi connectivity index (χ2n) is 12.6. The highest BCUT2D eigenvalue weighted by Gasteiger charge is 2.20. The molecule has 3 aromatic heterocycles. The van der Waals surface area contributed by atoms with Crippen molar-refractivity contribution in [2.75, 3.05) is 0 Å². The topological polar surface area (TPSA) is 9.86 Å². The van der Waals surface area contributed by atoms with Crippen molar-refractivity contribution in [3.8, 4) is 16.8 Å². The maximum Gasteiger partial charge on any atom is 0.0541 e.